The van der Waals surface area contributed by atoms with Crippen LogP contribution in [0.25, 0.3) is 0 Å². The minimum atomic E-state index is 0.680. The highest BCUT2D eigenvalue weighted by molar-refractivity contribution is 5.11. The van der Waals surface area contributed by atoms with Crippen molar-refractivity contribution in [2.75, 3.05) is 6.54 Å². The Morgan fingerprint density at radius 1 is 1.38 bits per heavy atom. The molecule has 0 saturated heterocycles. The van der Waals surface area contributed by atoms with E-state index in [2.05, 4.69) is 23.4 Å². The van der Waals surface area contributed by atoms with Gasteiger partial charge in [-0.25, -0.2) is 0 Å². The summed E-state index contributed by atoms with van der Waals surface area (Å²) < 4.78 is 0. The van der Waals surface area contributed by atoms with E-state index in [4.69, 9.17) is 0 Å². The fourth-order valence-electron chi connectivity index (χ4n) is 0.615. The molecule has 1 heterocycles. The first kappa shape index (κ1) is 5.22. The summed E-state index contributed by atoms with van der Waals surface area (Å²) in [6.07, 6.45) is 0.823. The van der Waals surface area contributed by atoms with Crippen molar-refractivity contribution in [3.63, 3.8) is 0 Å². The molecule has 0 aromatic carbocycles. The van der Waals surface area contributed by atoms with E-state index >= 15 is 0 Å². The molecule has 0 aromatic rings. The summed E-state index contributed by atoms with van der Waals surface area (Å²) in [5.74, 6) is 0. The maximum Gasteiger partial charge on any atom is 0.0814 e. The zero-order valence-electron chi connectivity index (χ0n) is 4.72. The Bertz CT molecular complexity index is 156. The van der Waals surface area contributed by atoms with Gasteiger partial charge in [-0.3, -0.25) is 0 Å². The van der Waals surface area contributed by atoms with Crippen LogP contribution in [0.1, 0.15) is 6.42 Å². The van der Waals surface area contributed by atoms with Crippen molar-refractivity contribution >= 4 is 0 Å². The maximum atomic E-state index is 3.77. The highest BCUT2D eigenvalue weighted by Gasteiger charge is 2.00. The van der Waals surface area contributed by atoms with Crippen LogP contribution < -0.4 is 0 Å². The molecule has 0 unspecified atom stereocenters. The molecule has 0 atom stereocenters. The monoisotopic (exact) mass is 108 g/mol. The zero-order valence-corrected chi connectivity index (χ0v) is 4.72. The van der Waals surface area contributed by atoms with Crippen molar-refractivity contribution in [3.05, 3.63) is 24.4 Å². The van der Waals surface area contributed by atoms with Gasteiger partial charge in [-0.1, -0.05) is 13.2 Å². The van der Waals surface area contributed by atoms with E-state index in [1.807, 2.05) is 0 Å². The van der Waals surface area contributed by atoms with Gasteiger partial charge in [-0.05, 0) is 5.57 Å². The van der Waals surface area contributed by atoms with Crippen LogP contribution in [-0.2, 0) is 0 Å². The second-order valence-corrected chi connectivity index (χ2v) is 1.89. The first-order valence-electron chi connectivity index (χ1n) is 2.51. The minimum absolute atomic E-state index is 0.680. The van der Waals surface area contributed by atoms with Gasteiger partial charge in [0.1, 0.15) is 0 Å². The summed E-state index contributed by atoms with van der Waals surface area (Å²) in [5, 5.41) is 7.52. The molecule has 0 spiro atoms. The lowest BCUT2D eigenvalue weighted by Crippen LogP contribution is -1.92. The molecule has 0 aliphatic carbocycles. The highest BCUT2D eigenvalue weighted by atomic mass is 15.1. The van der Waals surface area contributed by atoms with E-state index in [1.54, 1.807) is 0 Å². The smallest absolute Gasteiger partial charge is 0.0814 e. The predicted molar refractivity (Wildman–Crippen MR) is 32.6 cm³/mol. The standard InChI is InChI=1S/C6H8N2/c1-5-3-6(2)8-7-4-5/h1-4H2. The average Bonchev–Trinajstić information content (AvgIpc) is 1.64. The van der Waals surface area contributed by atoms with E-state index in [1.165, 1.54) is 0 Å². The first-order valence-corrected chi connectivity index (χ1v) is 2.51. The number of hydrogen-bond donors (Lipinski definition) is 0. The molecule has 0 aromatic heterocycles. The molecule has 42 valence electrons. The summed E-state index contributed by atoms with van der Waals surface area (Å²) in [5.41, 5.74) is 1.92. The van der Waals surface area contributed by atoms with Crippen LogP contribution in [0.5, 0.6) is 0 Å². The number of rotatable bonds is 0. The Balaban J connectivity index is 2.68. The molecule has 1 aliphatic rings. The topological polar surface area (TPSA) is 24.7 Å². The van der Waals surface area contributed by atoms with Crippen molar-refractivity contribution < 1.29 is 0 Å². The summed E-state index contributed by atoms with van der Waals surface area (Å²) in [4.78, 5) is 0. The second-order valence-electron chi connectivity index (χ2n) is 1.89. The van der Waals surface area contributed by atoms with E-state index < -0.39 is 0 Å². The van der Waals surface area contributed by atoms with Crippen molar-refractivity contribution in [1.82, 2.24) is 0 Å². The predicted octanol–water partition coefficient (Wildman–Crippen LogP) is 1.91. The lowest BCUT2D eigenvalue weighted by atomic mass is 10.2. The Labute approximate surface area is 48.6 Å². The molecule has 1 rings (SSSR count). The molecular weight excluding hydrogens is 100 g/mol. The average molecular weight is 108 g/mol. The number of nitrogens with zero attached hydrogens (tertiary/aromatic N) is 2. The van der Waals surface area contributed by atoms with Gasteiger partial charge < -0.3 is 0 Å². The van der Waals surface area contributed by atoms with Crippen LogP contribution in [0.4, 0.5) is 0 Å². The summed E-state index contributed by atoms with van der Waals surface area (Å²) >= 11 is 0. The van der Waals surface area contributed by atoms with Gasteiger partial charge in [0.05, 0.1) is 12.2 Å². The Morgan fingerprint density at radius 3 is 2.50 bits per heavy atom. The molecule has 2 heteroatoms. The molecule has 0 radical (unpaired) electrons. The third kappa shape index (κ3) is 1.03. The van der Waals surface area contributed by atoms with Crippen molar-refractivity contribution in [1.29, 1.82) is 0 Å². The molecule has 0 amide bonds. The van der Waals surface area contributed by atoms with Gasteiger partial charge in [0.15, 0.2) is 0 Å². The fourth-order valence-corrected chi connectivity index (χ4v) is 0.615. The van der Waals surface area contributed by atoms with Crippen LogP contribution in [0.2, 0.25) is 0 Å². The van der Waals surface area contributed by atoms with Gasteiger partial charge in [-0.15, -0.1) is 0 Å². The number of hydrogen-bond acceptors (Lipinski definition) is 2. The lowest BCUT2D eigenvalue weighted by Gasteiger charge is -2.04. The van der Waals surface area contributed by atoms with Gasteiger partial charge in [0.25, 0.3) is 0 Å². The summed E-state index contributed by atoms with van der Waals surface area (Å²) in [6.45, 7) is 8.07. The van der Waals surface area contributed by atoms with E-state index in [9.17, 15) is 0 Å². The fraction of sp³-hybridized carbons (Fsp3) is 0.333. The van der Waals surface area contributed by atoms with Crippen molar-refractivity contribution in [2.45, 2.75) is 6.42 Å². The van der Waals surface area contributed by atoms with E-state index in [0.717, 1.165) is 17.7 Å². The third-order valence-electron chi connectivity index (χ3n) is 0.961. The van der Waals surface area contributed by atoms with Crippen LogP contribution in [0.3, 0.4) is 0 Å². The molecule has 8 heavy (non-hydrogen) atoms. The minimum Gasteiger partial charge on any atom is -0.185 e. The maximum absolute atomic E-state index is 3.77. The second kappa shape index (κ2) is 1.90. The molecule has 0 N–H and O–H groups in total. The largest absolute Gasteiger partial charge is 0.185 e. The van der Waals surface area contributed by atoms with E-state index in [0.29, 0.717) is 6.54 Å². The van der Waals surface area contributed by atoms with E-state index in [-0.39, 0.29) is 0 Å². The molecule has 1 aliphatic heterocycles. The molecular formula is C6H8N2. The highest BCUT2D eigenvalue weighted by Crippen LogP contribution is 2.14. The first-order chi connectivity index (χ1) is 3.79. The van der Waals surface area contributed by atoms with Gasteiger partial charge >= 0.3 is 0 Å². The Kier molecular flexibility index (Phi) is 1.24. The lowest BCUT2D eigenvalue weighted by molar-refractivity contribution is 0.861. The van der Waals surface area contributed by atoms with Crippen LogP contribution in [-0.4, -0.2) is 6.54 Å². The molecule has 0 bridgehead atoms. The van der Waals surface area contributed by atoms with Gasteiger partial charge in [0.2, 0.25) is 0 Å². The van der Waals surface area contributed by atoms with Crippen molar-refractivity contribution in [2.24, 2.45) is 10.2 Å². The molecule has 2 nitrogen and oxygen atoms in total. The summed E-state index contributed by atoms with van der Waals surface area (Å²) in [7, 11) is 0. The summed E-state index contributed by atoms with van der Waals surface area (Å²) in [6, 6.07) is 0. The van der Waals surface area contributed by atoms with Crippen LogP contribution in [0, 0.1) is 0 Å². The molecule has 0 saturated carbocycles. The Morgan fingerprint density at radius 2 is 2.12 bits per heavy atom. The normalized spacial score (nSPS) is 19.5. The Hall–Kier alpha value is -0.920. The zero-order chi connectivity index (χ0) is 5.98. The van der Waals surface area contributed by atoms with Gasteiger partial charge in [-0.2, -0.15) is 10.2 Å². The quantitative estimate of drug-likeness (QED) is 0.423. The van der Waals surface area contributed by atoms with Crippen LogP contribution >= 0.6 is 0 Å². The van der Waals surface area contributed by atoms with Crippen molar-refractivity contribution in [3.8, 4) is 0 Å². The number of allylic oxidation sites excluding steroid dienone is 1. The third-order valence-corrected chi connectivity index (χ3v) is 0.961. The van der Waals surface area contributed by atoms with Gasteiger partial charge in [0, 0.05) is 6.42 Å². The number of azo groups is 1. The van der Waals surface area contributed by atoms with Crippen LogP contribution in [0.15, 0.2) is 34.7 Å². The SMILES string of the molecule is C=C1CN=NC(=C)C1. The molecule has 0 fully saturated rings.